The number of ether oxygens (including phenoxy) is 5. The molecule has 6 aliphatic rings. The summed E-state index contributed by atoms with van der Waals surface area (Å²) in [6.07, 6.45) is 3.40. The molecule has 13 heteroatoms. The van der Waals surface area contributed by atoms with E-state index in [-0.39, 0.29) is 46.4 Å². The van der Waals surface area contributed by atoms with Gasteiger partial charge in [-0.2, -0.15) is 0 Å². The third-order valence-corrected chi connectivity index (χ3v) is 10.5. The number of hydrogen-bond donors (Lipinski definition) is 3. The van der Waals surface area contributed by atoms with Crippen LogP contribution in [0.2, 0.25) is 0 Å². The minimum atomic E-state index is -2.79. The first-order chi connectivity index (χ1) is 23.5. The summed E-state index contributed by atoms with van der Waals surface area (Å²) in [6, 6.07) is 2.82. The van der Waals surface area contributed by atoms with Gasteiger partial charge in [-0.3, -0.25) is 24.0 Å². The predicted octanol–water partition coefficient (Wildman–Crippen LogP) is 2.60. The van der Waals surface area contributed by atoms with Crippen LogP contribution in [0.25, 0.3) is 0 Å². The Balaban J connectivity index is 1.12. The predicted molar refractivity (Wildman–Crippen MR) is 171 cm³/mol. The highest BCUT2D eigenvalue weighted by Gasteiger charge is 2.67. The largest absolute Gasteiger partial charge is 0.507 e. The van der Waals surface area contributed by atoms with E-state index in [4.69, 9.17) is 23.7 Å². The Morgan fingerprint density at radius 3 is 2.16 bits per heavy atom. The summed E-state index contributed by atoms with van der Waals surface area (Å²) in [5, 5.41) is 35.3. The highest BCUT2D eigenvalue weighted by atomic mass is 16.7. The van der Waals surface area contributed by atoms with Crippen LogP contribution < -0.4 is 0 Å². The maximum absolute atomic E-state index is 14.1. The summed E-state index contributed by atoms with van der Waals surface area (Å²) in [5.74, 6) is -3.50. The van der Waals surface area contributed by atoms with E-state index in [1.807, 2.05) is 0 Å². The highest BCUT2D eigenvalue weighted by molar-refractivity contribution is 6.32. The number of aliphatic hydroxyl groups is 2. The molecule has 0 bridgehead atoms. The van der Waals surface area contributed by atoms with E-state index in [1.165, 1.54) is 36.4 Å². The van der Waals surface area contributed by atoms with Crippen LogP contribution in [0, 0.1) is 0 Å². The SMILES string of the molecule is C[C@@H]1O[C@@H](O[C@@]2(C)CC(=O)[C@]3(O)C4=C(C=C[C@]3(O)C2)C(=O)c2c(ccc([C@H]3CC[C@@H](O[C@H]5C=CC(=O)[C@@H](C)O5)[C@@H](C)O3)c2O)C4=O)C=CC1=O. The summed E-state index contributed by atoms with van der Waals surface area (Å²) in [4.78, 5) is 65.5. The molecule has 7 rings (SSSR count). The second-order valence-electron chi connectivity index (χ2n) is 14.1. The molecule has 13 nitrogen and oxygen atoms in total. The van der Waals surface area contributed by atoms with Gasteiger partial charge in [0.05, 0.1) is 35.0 Å². The lowest BCUT2D eigenvalue weighted by molar-refractivity contribution is -0.237. The zero-order valence-corrected chi connectivity index (χ0v) is 27.9. The molecule has 0 spiro atoms. The van der Waals surface area contributed by atoms with Crippen molar-refractivity contribution in [1.29, 1.82) is 0 Å². The van der Waals surface area contributed by atoms with Gasteiger partial charge in [-0.15, -0.1) is 0 Å². The number of rotatable bonds is 5. The van der Waals surface area contributed by atoms with Crippen LogP contribution in [-0.2, 0) is 38.1 Å². The third-order valence-electron chi connectivity index (χ3n) is 10.5. The first kappa shape index (κ1) is 34.5. The molecule has 0 unspecified atom stereocenters. The van der Waals surface area contributed by atoms with Crippen LogP contribution in [0.1, 0.15) is 85.8 Å². The van der Waals surface area contributed by atoms with Crippen molar-refractivity contribution >= 4 is 28.9 Å². The fourth-order valence-corrected chi connectivity index (χ4v) is 7.83. The van der Waals surface area contributed by atoms with Crippen molar-refractivity contribution in [3.63, 3.8) is 0 Å². The third kappa shape index (κ3) is 5.39. The maximum atomic E-state index is 14.1. The highest BCUT2D eigenvalue weighted by Crippen LogP contribution is 2.53. The number of phenols is 1. The fraction of sp³-hybridized carbons (Fsp3) is 0.486. The van der Waals surface area contributed by atoms with Crippen LogP contribution in [0.15, 0.2) is 59.7 Å². The summed E-state index contributed by atoms with van der Waals surface area (Å²) < 4.78 is 29.4. The van der Waals surface area contributed by atoms with Gasteiger partial charge in [0.15, 0.2) is 47.1 Å². The van der Waals surface area contributed by atoms with Gasteiger partial charge in [0.1, 0.15) is 23.6 Å². The fourth-order valence-electron chi connectivity index (χ4n) is 7.83. The quantitative estimate of drug-likeness (QED) is 0.409. The minimum absolute atomic E-state index is 0.151. The maximum Gasteiger partial charge on any atom is 0.198 e. The summed E-state index contributed by atoms with van der Waals surface area (Å²) >= 11 is 0. The lowest BCUT2D eigenvalue weighted by Crippen LogP contribution is -2.69. The average molecular weight is 691 g/mol. The molecule has 0 aromatic heterocycles. The first-order valence-electron chi connectivity index (χ1n) is 16.7. The average Bonchev–Trinajstić information content (AvgIpc) is 3.05. The topological polar surface area (TPSA) is 192 Å². The molecule has 2 fully saturated rings. The van der Waals surface area contributed by atoms with Crippen molar-refractivity contribution in [2.45, 2.75) is 113 Å². The molecule has 50 heavy (non-hydrogen) atoms. The number of phenolic OH excluding ortho intramolecular Hbond substituents is 1. The summed E-state index contributed by atoms with van der Waals surface area (Å²) in [7, 11) is 0. The molecule has 0 radical (unpaired) electrons. The van der Waals surface area contributed by atoms with Crippen molar-refractivity contribution in [1.82, 2.24) is 0 Å². The Hall–Kier alpha value is -3.95. The Morgan fingerprint density at radius 1 is 0.840 bits per heavy atom. The number of carbonyl (C=O) groups excluding carboxylic acids is 5. The number of hydrogen-bond acceptors (Lipinski definition) is 13. The van der Waals surface area contributed by atoms with E-state index in [2.05, 4.69) is 0 Å². The Kier molecular flexibility index (Phi) is 8.34. The van der Waals surface area contributed by atoms with E-state index >= 15 is 0 Å². The zero-order chi connectivity index (χ0) is 35.9. The van der Waals surface area contributed by atoms with Crippen LogP contribution >= 0.6 is 0 Å². The smallest absolute Gasteiger partial charge is 0.198 e. The second-order valence-corrected chi connectivity index (χ2v) is 14.1. The van der Waals surface area contributed by atoms with E-state index in [0.29, 0.717) is 12.8 Å². The number of ketones is 5. The van der Waals surface area contributed by atoms with Gasteiger partial charge in [0, 0.05) is 29.5 Å². The molecular formula is C37H38O13. The van der Waals surface area contributed by atoms with Crippen molar-refractivity contribution in [2.75, 3.05) is 0 Å². The Morgan fingerprint density at radius 2 is 1.50 bits per heavy atom. The van der Waals surface area contributed by atoms with Crippen molar-refractivity contribution < 1.29 is 63.0 Å². The Bertz CT molecular complexity index is 1840. The van der Waals surface area contributed by atoms with Crippen LogP contribution in [0.3, 0.4) is 0 Å². The van der Waals surface area contributed by atoms with Gasteiger partial charge in [-0.05, 0) is 77.0 Å². The van der Waals surface area contributed by atoms with Crippen molar-refractivity contribution in [3.8, 4) is 5.75 Å². The number of Topliss-reactive ketones (excluding diaryl/α,β-unsaturated/α-hetero) is 3. The molecule has 1 aromatic rings. The van der Waals surface area contributed by atoms with Crippen LogP contribution in [-0.4, -0.2) is 98.0 Å². The number of allylic oxidation sites excluding steroid dienone is 2. The molecule has 3 aliphatic heterocycles. The van der Waals surface area contributed by atoms with Crippen molar-refractivity contribution in [3.05, 3.63) is 76.4 Å². The number of carbonyl (C=O) groups is 5. The van der Waals surface area contributed by atoms with Gasteiger partial charge < -0.3 is 39.0 Å². The number of fused-ring (bicyclic) bond motifs is 3. The van der Waals surface area contributed by atoms with Gasteiger partial charge >= 0.3 is 0 Å². The molecule has 3 aliphatic carbocycles. The lowest BCUT2D eigenvalue weighted by atomic mass is 9.57. The molecular weight excluding hydrogens is 652 g/mol. The van der Waals surface area contributed by atoms with E-state index in [1.54, 1.807) is 33.8 Å². The van der Waals surface area contributed by atoms with E-state index in [9.17, 15) is 39.3 Å². The van der Waals surface area contributed by atoms with E-state index < -0.39 is 88.9 Å². The second kappa shape index (κ2) is 12.1. The Labute approximate surface area is 287 Å². The lowest BCUT2D eigenvalue weighted by Gasteiger charge is -2.53. The van der Waals surface area contributed by atoms with E-state index in [0.717, 1.165) is 6.08 Å². The van der Waals surface area contributed by atoms with Crippen LogP contribution in [0.4, 0.5) is 0 Å². The molecule has 0 amide bonds. The van der Waals surface area contributed by atoms with Gasteiger partial charge in [0.25, 0.3) is 0 Å². The molecule has 3 N–H and O–H groups in total. The van der Waals surface area contributed by atoms with Gasteiger partial charge in [0.2, 0.25) is 0 Å². The molecule has 10 atom stereocenters. The molecule has 1 saturated carbocycles. The minimum Gasteiger partial charge on any atom is -0.507 e. The summed E-state index contributed by atoms with van der Waals surface area (Å²) in [6.45, 7) is 6.54. The normalized spacial score (nSPS) is 39.8. The monoisotopic (exact) mass is 690 g/mol. The number of benzene rings is 1. The standard InChI is InChI=1S/C37H38O13/c1-17-23(38)7-11-28(47-17)49-25-9-10-26(46-19(25)3)20-5-6-21-30(32(20)41)33(42)22-13-14-36(44)16-35(4,50-29-12-8-24(39)18(2)48-29)15-27(40)37(36,45)31(22)34(21)43/h5-8,11-14,17-19,25-26,28-29,41,44-45H,9-10,15-16H2,1-4H3/t17-,18+,19-,25-,26-,28+,29+,35+,36+,37+/m1/s1. The molecule has 3 heterocycles. The first-order valence-corrected chi connectivity index (χ1v) is 16.7. The van der Waals surface area contributed by atoms with Gasteiger partial charge in [-0.25, -0.2) is 0 Å². The molecule has 1 saturated heterocycles. The van der Waals surface area contributed by atoms with Gasteiger partial charge in [-0.1, -0.05) is 12.1 Å². The zero-order valence-electron chi connectivity index (χ0n) is 27.9. The molecule has 264 valence electrons. The summed E-state index contributed by atoms with van der Waals surface area (Å²) in [5.41, 5.74) is -7.64. The van der Waals surface area contributed by atoms with Crippen molar-refractivity contribution in [2.24, 2.45) is 0 Å². The molecule has 1 aromatic carbocycles. The number of aromatic hydroxyl groups is 1. The van der Waals surface area contributed by atoms with Crippen LogP contribution in [0.5, 0.6) is 5.75 Å².